The van der Waals surface area contributed by atoms with Gasteiger partial charge in [0.25, 0.3) is 5.91 Å². The summed E-state index contributed by atoms with van der Waals surface area (Å²) < 4.78 is 0. The van der Waals surface area contributed by atoms with Gasteiger partial charge < -0.3 is 16.0 Å². The first-order chi connectivity index (χ1) is 12.1. The first kappa shape index (κ1) is 20.2. The second-order valence-electron chi connectivity index (χ2n) is 6.51. The smallest absolute Gasteiger partial charge is 0.255 e. The Hall–Kier alpha value is -2.12. The summed E-state index contributed by atoms with van der Waals surface area (Å²) in [5.74, 6) is -0.796. The van der Waals surface area contributed by atoms with E-state index in [4.69, 9.17) is 5.73 Å². The van der Waals surface area contributed by atoms with Crippen LogP contribution in [0.25, 0.3) is 0 Å². The number of carbonyl (C=O) groups excluding carboxylic acids is 3. The molecule has 0 saturated carbocycles. The van der Waals surface area contributed by atoms with Crippen molar-refractivity contribution in [3.63, 3.8) is 0 Å². The van der Waals surface area contributed by atoms with Gasteiger partial charge in [-0.1, -0.05) is 12.5 Å². The standard InChI is InChI=1S/C18H24N4O3.ClH/c19-9-2-1-3-10-20-14-6-4-5-12-13(14)11-22(18(12)25)15-7-8-16(23)21-17(15)24;/h4-6,15,20H,1-3,7-11,19H2,(H,21,23,24);1H. The molecule has 1 fully saturated rings. The maximum atomic E-state index is 12.7. The Bertz CT molecular complexity index is 695. The summed E-state index contributed by atoms with van der Waals surface area (Å²) in [6, 6.07) is 5.04. The van der Waals surface area contributed by atoms with Gasteiger partial charge >= 0.3 is 0 Å². The highest BCUT2D eigenvalue weighted by molar-refractivity contribution is 6.06. The largest absolute Gasteiger partial charge is 0.385 e. The molecule has 1 aromatic rings. The molecule has 1 atom stereocenters. The van der Waals surface area contributed by atoms with Crippen LogP contribution in [0.15, 0.2) is 18.2 Å². The van der Waals surface area contributed by atoms with Crippen LogP contribution in [0.4, 0.5) is 5.69 Å². The SMILES string of the molecule is Cl.NCCCCCNc1cccc2c1CN(C1CCC(=O)NC1=O)C2=O. The fourth-order valence-corrected chi connectivity index (χ4v) is 3.42. The van der Waals surface area contributed by atoms with Gasteiger partial charge in [-0.05, 0) is 37.9 Å². The highest BCUT2D eigenvalue weighted by atomic mass is 35.5. The molecule has 2 aliphatic heterocycles. The Kier molecular flexibility index (Phi) is 6.99. The number of unbranched alkanes of at least 4 members (excludes halogenated alkanes) is 2. The molecular weight excluding hydrogens is 356 g/mol. The van der Waals surface area contributed by atoms with Crippen LogP contribution < -0.4 is 16.4 Å². The third-order valence-corrected chi connectivity index (χ3v) is 4.78. The molecule has 0 radical (unpaired) electrons. The number of hydrogen-bond acceptors (Lipinski definition) is 5. The second kappa shape index (κ2) is 9.00. The van der Waals surface area contributed by atoms with Crippen molar-refractivity contribution in [2.24, 2.45) is 5.73 Å². The summed E-state index contributed by atoms with van der Waals surface area (Å²) in [5.41, 5.74) is 8.00. The number of hydrogen-bond donors (Lipinski definition) is 3. The number of nitrogens with zero attached hydrogens (tertiary/aromatic N) is 1. The number of carbonyl (C=O) groups is 3. The Morgan fingerprint density at radius 3 is 2.73 bits per heavy atom. The lowest BCUT2D eigenvalue weighted by Crippen LogP contribution is -2.52. The molecule has 142 valence electrons. The molecule has 1 aromatic carbocycles. The van der Waals surface area contributed by atoms with Crippen molar-refractivity contribution in [1.82, 2.24) is 10.2 Å². The van der Waals surface area contributed by atoms with Gasteiger partial charge in [0.2, 0.25) is 11.8 Å². The minimum absolute atomic E-state index is 0. The van der Waals surface area contributed by atoms with Crippen LogP contribution >= 0.6 is 12.4 Å². The first-order valence-corrected chi connectivity index (χ1v) is 8.82. The number of amides is 3. The van der Waals surface area contributed by atoms with Crippen LogP contribution in [-0.2, 0) is 16.1 Å². The molecule has 26 heavy (non-hydrogen) atoms. The van der Waals surface area contributed by atoms with E-state index in [9.17, 15) is 14.4 Å². The van der Waals surface area contributed by atoms with E-state index in [0.29, 0.717) is 25.1 Å². The Morgan fingerprint density at radius 1 is 1.19 bits per heavy atom. The Balaban J connectivity index is 0.00000243. The lowest BCUT2D eigenvalue weighted by molar-refractivity contribution is -0.136. The maximum absolute atomic E-state index is 12.7. The average Bonchev–Trinajstić information content (AvgIpc) is 2.92. The number of rotatable bonds is 7. The molecule has 3 rings (SSSR count). The van der Waals surface area contributed by atoms with Gasteiger partial charge in [-0.25, -0.2) is 0 Å². The molecule has 1 unspecified atom stereocenters. The van der Waals surface area contributed by atoms with E-state index < -0.39 is 6.04 Å². The van der Waals surface area contributed by atoms with Crippen molar-refractivity contribution in [3.05, 3.63) is 29.3 Å². The number of anilines is 1. The van der Waals surface area contributed by atoms with Crippen molar-refractivity contribution in [3.8, 4) is 0 Å². The summed E-state index contributed by atoms with van der Waals surface area (Å²) in [7, 11) is 0. The zero-order valence-electron chi connectivity index (χ0n) is 14.6. The van der Waals surface area contributed by atoms with Crippen LogP contribution in [0.1, 0.15) is 48.0 Å². The summed E-state index contributed by atoms with van der Waals surface area (Å²) in [6.07, 6.45) is 3.75. The van der Waals surface area contributed by atoms with E-state index >= 15 is 0 Å². The van der Waals surface area contributed by atoms with Crippen LogP contribution in [0.3, 0.4) is 0 Å². The summed E-state index contributed by atoms with van der Waals surface area (Å²) >= 11 is 0. The lowest BCUT2D eigenvalue weighted by atomic mass is 10.0. The molecule has 8 heteroatoms. The lowest BCUT2D eigenvalue weighted by Gasteiger charge is -2.29. The molecule has 3 amide bonds. The van der Waals surface area contributed by atoms with E-state index in [-0.39, 0.29) is 36.5 Å². The molecule has 2 aliphatic rings. The molecule has 0 spiro atoms. The highest BCUT2D eigenvalue weighted by Crippen LogP contribution is 2.32. The Morgan fingerprint density at radius 2 is 2.00 bits per heavy atom. The van der Waals surface area contributed by atoms with Crippen LogP contribution in [0.2, 0.25) is 0 Å². The van der Waals surface area contributed by atoms with E-state index in [0.717, 1.165) is 37.1 Å². The average molecular weight is 381 g/mol. The van der Waals surface area contributed by atoms with E-state index in [2.05, 4.69) is 10.6 Å². The predicted molar refractivity (Wildman–Crippen MR) is 101 cm³/mol. The van der Waals surface area contributed by atoms with Gasteiger partial charge in [0.05, 0.1) is 0 Å². The number of imide groups is 1. The molecule has 1 saturated heterocycles. The molecule has 0 aliphatic carbocycles. The van der Waals surface area contributed by atoms with Gasteiger partial charge in [0.15, 0.2) is 0 Å². The van der Waals surface area contributed by atoms with Crippen molar-refractivity contribution in [2.75, 3.05) is 18.4 Å². The van der Waals surface area contributed by atoms with Gasteiger partial charge in [-0.2, -0.15) is 0 Å². The Labute approximate surface area is 159 Å². The first-order valence-electron chi connectivity index (χ1n) is 8.82. The number of fused-ring (bicyclic) bond motifs is 1. The maximum Gasteiger partial charge on any atom is 0.255 e. The molecule has 0 bridgehead atoms. The van der Waals surface area contributed by atoms with Crippen LogP contribution in [-0.4, -0.2) is 41.8 Å². The fourth-order valence-electron chi connectivity index (χ4n) is 3.42. The quantitative estimate of drug-likeness (QED) is 0.490. The van der Waals surface area contributed by atoms with Crippen molar-refractivity contribution < 1.29 is 14.4 Å². The van der Waals surface area contributed by atoms with Crippen molar-refractivity contribution in [1.29, 1.82) is 0 Å². The predicted octanol–water partition coefficient (Wildman–Crippen LogP) is 1.41. The fraction of sp³-hybridized carbons (Fsp3) is 0.500. The van der Waals surface area contributed by atoms with Gasteiger partial charge in [-0.3, -0.25) is 19.7 Å². The van der Waals surface area contributed by atoms with E-state index in [1.54, 1.807) is 11.0 Å². The number of halogens is 1. The summed E-state index contributed by atoms with van der Waals surface area (Å²) in [4.78, 5) is 37.7. The van der Waals surface area contributed by atoms with Gasteiger partial charge in [0, 0.05) is 36.3 Å². The molecular formula is C18H25ClN4O3. The third-order valence-electron chi connectivity index (χ3n) is 4.78. The topological polar surface area (TPSA) is 105 Å². The molecule has 4 N–H and O–H groups in total. The van der Waals surface area contributed by atoms with Gasteiger partial charge in [-0.15, -0.1) is 12.4 Å². The van der Waals surface area contributed by atoms with E-state index in [1.807, 2.05) is 12.1 Å². The van der Waals surface area contributed by atoms with Crippen molar-refractivity contribution in [2.45, 2.75) is 44.7 Å². The summed E-state index contributed by atoms with van der Waals surface area (Å²) in [6.45, 7) is 1.92. The van der Waals surface area contributed by atoms with Crippen LogP contribution in [0, 0.1) is 0 Å². The zero-order chi connectivity index (χ0) is 17.8. The monoisotopic (exact) mass is 380 g/mol. The number of piperidine rings is 1. The number of nitrogens with one attached hydrogen (secondary N) is 2. The normalized spacial score (nSPS) is 19.0. The minimum Gasteiger partial charge on any atom is -0.385 e. The highest BCUT2D eigenvalue weighted by Gasteiger charge is 2.39. The molecule has 0 aromatic heterocycles. The third kappa shape index (κ3) is 4.16. The zero-order valence-corrected chi connectivity index (χ0v) is 15.4. The van der Waals surface area contributed by atoms with E-state index in [1.165, 1.54) is 0 Å². The van der Waals surface area contributed by atoms with Crippen LogP contribution in [0.5, 0.6) is 0 Å². The molecule has 7 nitrogen and oxygen atoms in total. The summed E-state index contributed by atoms with van der Waals surface area (Å²) in [5, 5.41) is 5.72. The van der Waals surface area contributed by atoms with Crippen molar-refractivity contribution >= 4 is 35.8 Å². The molecule has 2 heterocycles. The minimum atomic E-state index is -0.574. The van der Waals surface area contributed by atoms with Gasteiger partial charge in [0.1, 0.15) is 6.04 Å². The second-order valence-corrected chi connectivity index (χ2v) is 6.51. The number of benzene rings is 1. The number of nitrogens with two attached hydrogens (primary N) is 1.